The van der Waals surface area contributed by atoms with E-state index in [1.807, 2.05) is 0 Å². The molecule has 0 saturated heterocycles. The standard InChI is InChI=1S/C19H34ClNO2S/c1-5-7-18(21-23-14-6-13-20)17-10-8-16(9-11-17)12-15-24(22)19(2,3)4/h6,13,16,21H,5,7-12,14-15H2,1-4H3. The molecular weight excluding hydrogens is 342 g/mol. The summed E-state index contributed by atoms with van der Waals surface area (Å²) < 4.78 is 12.1. The van der Waals surface area contributed by atoms with Crippen molar-refractivity contribution in [3.63, 3.8) is 0 Å². The molecule has 140 valence electrons. The summed E-state index contributed by atoms with van der Waals surface area (Å²) in [4.78, 5) is 5.47. The van der Waals surface area contributed by atoms with Gasteiger partial charge >= 0.3 is 0 Å². The molecule has 0 aromatic heterocycles. The highest BCUT2D eigenvalue weighted by molar-refractivity contribution is 7.86. The molecule has 3 nitrogen and oxygen atoms in total. The molecule has 24 heavy (non-hydrogen) atoms. The van der Waals surface area contributed by atoms with E-state index in [-0.39, 0.29) is 4.75 Å². The van der Waals surface area contributed by atoms with Gasteiger partial charge in [0.1, 0.15) is 0 Å². The molecule has 0 amide bonds. The number of hydrogen-bond acceptors (Lipinski definition) is 3. The third-order valence-corrected chi connectivity index (χ3v) is 6.64. The molecule has 1 saturated carbocycles. The van der Waals surface area contributed by atoms with Crippen LogP contribution in [0.4, 0.5) is 0 Å². The van der Waals surface area contributed by atoms with E-state index in [1.54, 1.807) is 6.08 Å². The van der Waals surface area contributed by atoms with Gasteiger partial charge in [-0.1, -0.05) is 24.9 Å². The zero-order valence-electron chi connectivity index (χ0n) is 15.7. The minimum absolute atomic E-state index is 0.0905. The van der Waals surface area contributed by atoms with Crippen molar-refractivity contribution in [2.75, 3.05) is 12.4 Å². The molecule has 0 spiro atoms. The van der Waals surface area contributed by atoms with Crippen LogP contribution in [0, 0.1) is 5.92 Å². The van der Waals surface area contributed by atoms with E-state index in [0.29, 0.717) is 12.5 Å². The molecular formula is C19H34ClNO2S. The van der Waals surface area contributed by atoms with Gasteiger partial charge in [-0.15, -0.1) is 0 Å². The lowest BCUT2D eigenvalue weighted by Gasteiger charge is -2.27. The Morgan fingerprint density at radius 2 is 2.04 bits per heavy atom. The van der Waals surface area contributed by atoms with E-state index < -0.39 is 10.8 Å². The minimum atomic E-state index is -0.728. The highest BCUT2D eigenvalue weighted by Crippen LogP contribution is 2.33. The SMILES string of the molecule is CCCC(NOCC=CCl)=C1CCC(CCS(=O)C(C)(C)C)CC1. The first kappa shape index (κ1) is 21.7. The maximum Gasteiger partial charge on any atom is 0.0938 e. The second kappa shape index (κ2) is 11.3. The van der Waals surface area contributed by atoms with Crippen LogP contribution in [-0.4, -0.2) is 21.3 Å². The predicted molar refractivity (Wildman–Crippen MR) is 105 cm³/mol. The van der Waals surface area contributed by atoms with Crippen molar-refractivity contribution in [1.29, 1.82) is 0 Å². The first-order valence-electron chi connectivity index (χ1n) is 9.10. The zero-order valence-corrected chi connectivity index (χ0v) is 17.3. The Balaban J connectivity index is 2.46. The van der Waals surface area contributed by atoms with Gasteiger partial charge in [0.2, 0.25) is 0 Å². The summed E-state index contributed by atoms with van der Waals surface area (Å²) in [5.41, 5.74) is 7.35. The van der Waals surface area contributed by atoms with Crippen LogP contribution < -0.4 is 5.48 Å². The van der Waals surface area contributed by atoms with E-state index in [2.05, 4.69) is 33.2 Å². The van der Waals surface area contributed by atoms with Crippen molar-refractivity contribution in [3.8, 4) is 0 Å². The topological polar surface area (TPSA) is 38.3 Å². The van der Waals surface area contributed by atoms with Crippen molar-refractivity contribution in [2.24, 2.45) is 5.92 Å². The second-order valence-corrected chi connectivity index (χ2v) is 10.1. The van der Waals surface area contributed by atoms with Crippen molar-refractivity contribution in [1.82, 2.24) is 5.48 Å². The summed E-state index contributed by atoms with van der Waals surface area (Å²) >= 11 is 5.50. The third-order valence-electron chi connectivity index (χ3n) is 4.49. The fraction of sp³-hybridized carbons (Fsp3) is 0.789. The van der Waals surface area contributed by atoms with Gasteiger partial charge in [0.25, 0.3) is 0 Å². The molecule has 0 aliphatic heterocycles. The lowest BCUT2D eigenvalue weighted by atomic mass is 9.83. The number of hydroxylamine groups is 1. The first-order valence-corrected chi connectivity index (χ1v) is 10.9. The predicted octanol–water partition coefficient (Wildman–Crippen LogP) is 5.44. The molecule has 0 bridgehead atoms. The van der Waals surface area contributed by atoms with Crippen LogP contribution >= 0.6 is 11.6 Å². The lowest BCUT2D eigenvalue weighted by molar-refractivity contribution is 0.0817. The van der Waals surface area contributed by atoms with Crippen LogP contribution in [0.25, 0.3) is 0 Å². The summed E-state index contributed by atoms with van der Waals surface area (Å²) in [6.45, 7) is 8.85. The highest BCUT2D eigenvalue weighted by atomic mass is 35.5. The Kier molecular flexibility index (Phi) is 10.3. The van der Waals surface area contributed by atoms with Gasteiger partial charge in [0, 0.05) is 32.5 Å². The fourth-order valence-corrected chi connectivity index (χ4v) is 4.19. The fourth-order valence-electron chi connectivity index (χ4n) is 2.96. The minimum Gasteiger partial charge on any atom is -0.272 e. The molecule has 1 atom stereocenters. The van der Waals surface area contributed by atoms with Gasteiger partial charge in [-0.25, -0.2) is 0 Å². The Morgan fingerprint density at radius 1 is 1.38 bits per heavy atom. The molecule has 5 heteroatoms. The average Bonchev–Trinajstić information content (AvgIpc) is 2.55. The normalized spacial score (nSPS) is 20.4. The first-order chi connectivity index (χ1) is 11.4. The van der Waals surface area contributed by atoms with E-state index in [1.165, 1.54) is 29.6 Å². The van der Waals surface area contributed by atoms with E-state index in [9.17, 15) is 4.21 Å². The largest absolute Gasteiger partial charge is 0.272 e. The van der Waals surface area contributed by atoms with Gasteiger partial charge in [0.05, 0.1) is 6.61 Å². The molecule has 1 aliphatic rings. The van der Waals surface area contributed by atoms with Crippen molar-refractivity contribution >= 4 is 22.4 Å². The Morgan fingerprint density at radius 3 is 2.58 bits per heavy atom. The van der Waals surface area contributed by atoms with E-state index >= 15 is 0 Å². The van der Waals surface area contributed by atoms with Gasteiger partial charge in [-0.3, -0.25) is 14.5 Å². The average molecular weight is 376 g/mol. The highest BCUT2D eigenvalue weighted by Gasteiger charge is 2.23. The van der Waals surface area contributed by atoms with Crippen LogP contribution in [0.15, 0.2) is 22.9 Å². The zero-order chi connectivity index (χ0) is 18.0. The number of rotatable bonds is 9. The third kappa shape index (κ3) is 8.17. The van der Waals surface area contributed by atoms with E-state index in [4.69, 9.17) is 16.4 Å². The number of halogens is 1. The maximum absolute atomic E-state index is 12.2. The summed E-state index contributed by atoms with van der Waals surface area (Å²) in [6, 6.07) is 0. The van der Waals surface area contributed by atoms with Gasteiger partial charge in [0.15, 0.2) is 0 Å². The van der Waals surface area contributed by atoms with Crippen molar-refractivity contribution in [2.45, 2.75) is 77.4 Å². The Bertz CT molecular complexity index is 445. The molecule has 1 unspecified atom stereocenters. The van der Waals surface area contributed by atoms with Crippen LogP contribution in [-0.2, 0) is 15.6 Å². The van der Waals surface area contributed by atoms with Crippen LogP contribution in [0.3, 0.4) is 0 Å². The Hall–Kier alpha value is -0.320. The van der Waals surface area contributed by atoms with Gasteiger partial charge < -0.3 is 0 Å². The molecule has 0 aromatic rings. The van der Waals surface area contributed by atoms with Crippen molar-refractivity contribution in [3.05, 3.63) is 22.9 Å². The lowest BCUT2D eigenvalue weighted by Crippen LogP contribution is -2.25. The summed E-state index contributed by atoms with van der Waals surface area (Å²) in [6.07, 6.45) is 9.65. The smallest absolute Gasteiger partial charge is 0.0938 e. The number of hydrogen-bond donors (Lipinski definition) is 1. The summed E-state index contributed by atoms with van der Waals surface area (Å²) in [5.74, 6) is 1.55. The number of allylic oxidation sites excluding steroid dienone is 2. The second-order valence-electron chi connectivity index (χ2n) is 7.50. The monoisotopic (exact) mass is 375 g/mol. The molecule has 1 rings (SSSR count). The number of nitrogens with one attached hydrogen (secondary N) is 1. The van der Waals surface area contributed by atoms with Crippen LogP contribution in [0.5, 0.6) is 0 Å². The van der Waals surface area contributed by atoms with Gasteiger partial charge in [-0.05, 0) is 76.9 Å². The summed E-state index contributed by atoms with van der Waals surface area (Å²) in [5, 5.41) is 0. The molecule has 0 heterocycles. The molecule has 0 radical (unpaired) electrons. The summed E-state index contributed by atoms with van der Waals surface area (Å²) in [7, 11) is -0.728. The van der Waals surface area contributed by atoms with E-state index in [0.717, 1.165) is 37.9 Å². The van der Waals surface area contributed by atoms with Crippen molar-refractivity contribution < 1.29 is 9.05 Å². The molecule has 1 fully saturated rings. The maximum atomic E-state index is 12.2. The molecule has 1 aliphatic carbocycles. The quantitative estimate of drug-likeness (QED) is 0.430. The molecule has 1 N–H and O–H groups in total. The molecule has 0 aromatic carbocycles. The Labute approximate surface area is 155 Å². The van der Waals surface area contributed by atoms with Crippen LogP contribution in [0.2, 0.25) is 0 Å². The van der Waals surface area contributed by atoms with Crippen LogP contribution in [0.1, 0.15) is 72.6 Å². The van der Waals surface area contributed by atoms with Gasteiger partial charge in [-0.2, -0.15) is 0 Å².